The molecule has 2 aliphatic rings. The highest BCUT2D eigenvalue weighted by atomic mass is 35.5. The first-order chi connectivity index (χ1) is 16.3. The Morgan fingerprint density at radius 3 is 2.44 bits per heavy atom. The first kappa shape index (κ1) is 23.7. The van der Waals surface area contributed by atoms with Gasteiger partial charge in [0.05, 0.1) is 16.8 Å². The van der Waals surface area contributed by atoms with Gasteiger partial charge in [0.25, 0.3) is 0 Å². The number of imide groups is 1. The third-order valence-electron chi connectivity index (χ3n) is 6.73. The van der Waals surface area contributed by atoms with Crippen LogP contribution in [-0.2, 0) is 22.7 Å². The fourth-order valence-corrected chi connectivity index (χ4v) is 6.59. The van der Waals surface area contributed by atoms with E-state index in [1.807, 2.05) is 24.3 Å². The van der Waals surface area contributed by atoms with Crippen molar-refractivity contribution in [3.8, 4) is 11.1 Å². The van der Waals surface area contributed by atoms with Crippen LogP contribution < -0.4 is 5.32 Å². The van der Waals surface area contributed by atoms with E-state index in [1.165, 1.54) is 4.90 Å². The van der Waals surface area contributed by atoms with Gasteiger partial charge in [0, 0.05) is 71.2 Å². The van der Waals surface area contributed by atoms with Crippen molar-refractivity contribution in [2.45, 2.75) is 51.9 Å². The number of carbonyl (C=O) groups excluding carboxylic acids is 2. The van der Waals surface area contributed by atoms with Crippen LogP contribution >= 0.6 is 34.5 Å². The average molecular weight is 517 g/mol. The van der Waals surface area contributed by atoms with Gasteiger partial charge in [-0.2, -0.15) is 0 Å². The third kappa shape index (κ3) is 4.48. The molecule has 0 aliphatic carbocycles. The monoisotopic (exact) mass is 516 g/mol. The zero-order valence-electron chi connectivity index (χ0n) is 19.1. The highest BCUT2D eigenvalue weighted by Crippen LogP contribution is 2.40. The summed E-state index contributed by atoms with van der Waals surface area (Å²) in [7, 11) is 0. The summed E-state index contributed by atoms with van der Waals surface area (Å²) in [5.41, 5.74) is 3.88. The SMILES string of the molecule is C[C@H]1CNC[C@H](C)N1Cc1c(Cl)cc(Cl)cc1-c1ccnc2cc(CN3C(=O)CCC3=O)sc12. The van der Waals surface area contributed by atoms with Gasteiger partial charge in [-0.15, -0.1) is 11.3 Å². The third-order valence-corrected chi connectivity index (χ3v) is 8.43. The Morgan fingerprint density at radius 2 is 1.74 bits per heavy atom. The second kappa shape index (κ2) is 9.55. The maximum absolute atomic E-state index is 12.1. The summed E-state index contributed by atoms with van der Waals surface area (Å²) >= 11 is 14.8. The van der Waals surface area contributed by atoms with Crippen LogP contribution in [0, 0.1) is 0 Å². The van der Waals surface area contributed by atoms with Gasteiger partial charge < -0.3 is 5.32 Å². The van der Waals surface area contributed by atoms with Gasteiger partial charge in [0.2, 0.25) is 11.8 Å². The Morgan fingerprint density at radius 1 is 1.03 bits per heavy atom. The van der Waals surface area contributed by atoms with Crippen molar-refractivity contribution in [2.75, 3.05) is 13.1 Å². The molecule has 1 N–H and O–H groups in total. The van der Waals surface area contributed by atoms with Crippen molar-refractivity contribution in [1.82, 2.24) is 20.1 Å². The van der Waals surface area contributed by atoms with Crippen LogP contribution in [0.1, 0.15) is 37.1 Å². The van der Waals surface area contributed by atoms with Crippen LogP contribution in [0.5, 0.6) is 0 Å². The summed E-state index contributed by atoms with van der Waals surface area (Å²) in [5.74, 6) is -0.224. The Balaban J connectivity index is 1.56. The predicted molar refractivity (Wildman–Crippen MR) is 137 cm³/mol. The molecule has 9 heteroatoms. The van der Waals surface area contributed by atoms with Crippen molar-refractivity contribution < 1.29 is 9.59 Å². The molecule has 5 rings (SSSR count). The number of benzene rings is 1. The second-order valence-corrected chi connectivity index (χ2v) is 11.1. The normalized spacial score (nSPS) is 21.7. The number of nitrogens with one attached hydrogen (secondary N) is 1. The fraction of sp³-hybridized carbons (Fsp3) is 0.400. The van der Waals surface area contributed by atoms with Gasteiger partial charge >= 0.3 is 0 Å². The molecule has 0 spiro atoms. The number of hydrogen-bond donors (Lipinski definition) is 1. The van der Waals surface area contributed by atoms with Crippen LogP contribution in [0.3, 0.4) is 0 Å². The molecule has 2 amide bonds. The van der Waals surface area contributed by atoms with E-state index in [2.05, 4.69) is 29.0 Å². The summed E-state index contributed by atoms with van der Waals surface area (Å²) in [6.07, 6.45) is 2.37. The molecule has 2 saturated heterocycles. The van der Waals surface area contributed by atoms with Crippen LogP contribution in [-0.4, -0.2) is 51.8 Å². The van der Waals surface area contributed by atoms with E-state index in [0.29, 0.717) is 41.5 Å². The Labute approximate surface area is 212 Å². The fourth-order valence-electron chi connectivity index (χ4n) is 4.90. The van der Waals surface area contributed by atoms with Gasteiger partial charge in [-0.25, -0.2) is 0 Å². The highest BCUT2D eigenvalue weighted by Gasteiger charge is 2.30. The van der Waals surface area contributed by atoms with Crippen molar-refractivity contribution in [1.29, 1.82) is 0 Å². The van der Waals surface area contributed by atoms with E-state index in [1.54, 1.807) is 17.5 Å². The maximum Gasteiger partial charge on any atom is 0.230 e. The number of nitrogens with zero attached hydrogens (tertiary/aromatic N) is 3. The molecule has 2 aliphatic heterocycles. The topological polar surface area (TPSA) is 65.5 Å². The molecule has 2 fully saturated rings. The molecular weight excluding hydrogens is 491 g/mol. The average Bonchev–Trinajstić information content (AvgIpc) is 3.35. The van der Waals surface area contributed by atoms with Gasteiger partial charge in [0.1, 0.15) is 0 Å². The molecule has 0 saturated carbocycles. The number of hydrogen-bond acceptors (Lipinski definition) is 6. The van der Waals surface area contributed by atoms with Crippen molar-refractivity contribution in [2.24, 2.45) is 0 Å². The van der Waals surface area contributed by atoms with E-state index in [0.717, 1.165) is 44.9 Å². The van der Waals surface area contributed by atoms with E-state index in [4.69, 9.17) is 23.2 Å². The molecule has 2 aromatic heterocycles. The lowest BCUT2D eigenvalue weighted by molar-refractivity contribution is -0.138. The Kier molecular flexibility index (Phi) is 6.66. The lowest BCUT2D eigenvalue weighted by atomic mass is 9.98. The number of fused-ring (bicyclic) bond motifs is 1. The summed E-state index contributed by atoms with van der Waals surface area (Å²) in [5, 5.41) is 4.71. The summed E-state index contributed by atoms with van der Waals surface area (Å²) in [6.45, 7) is 7.33. The molecule has 0 radical (unpaired) electrons. The quantitative estimate of drug-likeness (QED) is 0.477. The number of amides is 2. The van der Waals surface area contributed by atoms with Crippen molar-refractivity contribution in [3.63, 3.8) is 0 Å². The summed E-state index contributed by atoms with van der Waals surface area (Å²) < 4.78 is 0.998. The largest absolute Gasteiger partial charge is 0.314 e. The lowest BCUT2D eigenvalue weighted by Crippen LogP contribution is -2.54. The molecule has 4 heterocycles. The molecule has 178 valence electrons. The zero-order valence-corrected chi connectivity index (χ0v) is 21.4. The number of pyridine rings is 1. The van der Waals surface area contributed by atoms with E-state index < -0.39 is 0 Å². The minimum absolute atomic E-state index is 0.112. The number of aromatic nitrogens is 1. The maximum atomic E-state index is 12.1. The van der Waals surface area contributed by atoms with Gasteiger partial charge in [-0.1, -0.05) is 23.2 Å². The number of carbonyl (C=O) groups is 2. The first-order valence-electron chi connectivity index (χ1n) is 11.5. The number of likely N-dealkylation sites (tertiary alicyclic amines) is 1. The second-order valence-electron chi connectivity index (χ2n) is 9.10. The summed E-state index contributed by atoms with van der Waals surface area (Å²) in [4.78, 5) is 33.5. The first-order valence-corrected chi connectivity index (χ1v) is 13.0. The van der Waals surface area contributed by atoms with Crippen LogP contribution in [0.2, 0.25) is 10.0 Å². The molecule has 0 unspecified atom stereocenters. The Hall–Kier alpha value is -2.03. The minimum Gasteiger partial charge on any atom is -0.314 e. The lowest BCUT2D eigenvalue weighted by Gasteiger charge is -2.40. The van der Waals surface area contributed by atoms with E-state index in [-0.39, 0.29) is 18.4 Å². The number of halogens is 2. The molecule has 2 atom stereocenters. The summed E-state index contributed by atoms with van der Waals surface area (Å²) in [6, 6.07) is 8.50. The number of thiophene rings is 1. The van der Waals surface area contributed by atoms with Gasteiger partial charge in [0.15, 0.2) is 0 Å². The number of rotatable bonds is 5. The molecule has 3 aromatic rings. The van der Waals surface area contributed by atoms with Crippen LogP contribution in [0.25, 0.3) is 21.3 Å². The molecular formula is C25H26Cl2N4O2S. The van der Waals surface area contributed by atoms with Crippen molar-refractivity contribution >= 4 is 56.6 Å². The molecule has 6 nitrogen and oxygen atoms in total. The van der Waals surface area contributed by atoms with E-state index in [9.17, 15) is 9.59 Å². The Bertz CT molecular complexity index is 1250. The highest BCUT2D eigenvalue weighted by molar-refractivity contribution is 7.19. The van der Waals surface area contributed by atoms with Crippen LogP contribution in [0.4, 0.5) is 0 Å². The molecule has 0 bridgehead atoms. The van der Waals surface area contributed by atoms with Crippen molar-refractivity contribution in [3.05, 3.63) is 50.9 Å². The van der Waals surface area contributed by atoms with Gasteiger partial charge in [-0.3, -0.25) is 24.4 Å². The smallest absolute Gasteiger partial charge is 0.230 e. The molecule has 1 aromatic carbocycles. The minimum atomic E-state index is -0.112. The number of piperazine rings is 1. The predicted octanol–water partition coefficient (Wildman–Crippen LogP) is 5.10. The standard InChI is InChI=1S/C25H26Cl2N4O2S/c1-14-10-28-11-15(2)30(14)13-20-19(7-16(26)8-21(20)27)18-5-6-29-22-9-17(34-25(18)22)12-31-23(32)3-4-24(31)33/h5-9,14-15,28H,3-4,10-13H2,1-2H3/t14-,15-/m0/s1. The van der Waals surface area contributed by atoms with Gasteiger partial charge in [-0.05, 0) is 49.2 Å². The zero-order chi connectivity index (χ0) is 24.0. The molecule has 34 heavy (non-hydrogen) atoms. The van der Waals surface area contributed by atoms with E-state index >= 15 is 0 Å². The van der Waals surface area contributed by atoms with Crippen LogP contribution in [0.15, 0.2) is 30.5 Å².